The van der Waals surface area contributed by atoms with Crippen LogP contribution in [0.3, 0.4) is 0 Å². The Morgan fingerprint density at radius 2 is 2.32 bits per heavy atom. The number of nitro benzene ring substituents is 1. The number of nitro groups is 1. The smallest absolute Gasteiger partial charge is 0.294 e. The van der Waals surface area contributed by atoms with Gasteiger partial charge in [-0.3, -0.25) is 20.0 Å². The molecule has 1 atom stereocenters. The third-order valence-electron chi connectivity index (χ3n) is 3.69. The summed E-state index contributed by atoms with van der Waals surface area (Å²) < 4.78 is 1.52. The Morgan fingerprint density at radius 3 is 2.92 bits per heavy atom. The van der Waals surface area contributed by atoms with Crippen molar-refractivity contribution in [1.29, 1.82) is 0 Å². The summed E-state index contributed by atoms with van der Waals surface area (Å²) in [6.07, 6.45) is 6.52. The van der Waals surface area contributed by atoms with E-state index in [0.717, 1.165) is 0 Å². The summed E-state index contributed by atoms with van der Waals surface area (Å²) in [5, 5.41) is 20.6. The molecule has 0 radical (unpaired) electrons. The minimum absolute atomic E-state index is 0.182. The molecule has 3 rings (SSSR count). The van der Waals surface area contributed by atoms with Gasteiger partial charge in [-0.2, -0.15) is 5.10 Å². The molecule has 10 heteroatoms. The molecule has 0 aliphatic carbocycles. The first-order chi connectivity index (χ1) is 12.1. The van der Waals surface area contributed by atoms with Crippen molar-refractivity contribution >= 4 is 11.6 Å². The van der Waals surface area contributed by atoms with Gasteiger partial charge in [0.1, 0.15) is 17.8 Å². The maximum atomic E-state index is 12.5. The maximum Gasteiger partial charge on any atom is 0.294 e. The van der Waals surface area contributed by atoms with E-state index < -0.39 is 10.8 Å². The molecule has 2 N–H and O–H groups in total. The van der Waals surface area contributed by atoms with Gasteiger partial charge in [0.15, 0.2) is 0 Å². The van der Waals surface area contributed by atoms with Crippen LogP contribution in [0.15, 0.2) is 43.2 Å². The average Bonchev–Trinajstić information content (AvgIpc) is 3.32. The fourth-order valence-corrected chi connectivity index (χ4v) is 2.42. The van der Waals surface area contributed by atoms with Gasteiger partial charge in [0.05, 0.1) is 17.3 Å². The molecule has 3 aromatic rings. The number of imidazole rings is 1. The van der Waals surface area contributed by atoms with E-state index >= 15 is 0 Å². The molecule has 0 unspecified atom stereocenters. The molecular formula is C15H15N7O3. The third-order valence-corrected chi connectivity index (χ3v) is 3.69. The van der Waals surface area contributed by atoms with Crippen LogP contribution in [-0.4, -0.2) is 35.6 Å². The Hall–Kier alpha value is -3.56. The standard InChI is InChI=1S/C15H15N7O3/c1-2-11(14-17-8-18-20-14)19-15(23)10-3-4-12(13(7-10)22(24)25)21-6-5-16-9-21/h3-9,11H,2H2,1H3,(H,19,23)(H,17,18,20)/t11-/m0/s1. The Labute approximate surface area is 142 Å². The van der Waals surface area contributed by atoms with E-state index in [1.807, 2.05) is 6.92 Å². The van der Waals surface area contributed by atoms with Crippen molar-refractivity contribution in [2.75, 3.05) is 0 Å². The number of hydrogen-bond acceptors (Lipinski definition) is 6. The SMILES string of the molecule is CC[C@H](NC(=O)c1ccc(-n2ccnc2)c([N+](=O)[O-])c1)c1ncn[nH]1. The number of H-pyrrole nitrogens is 1. The zero-order valence-electron chi connectivity index (χ0n) is 13.3. The highest BCUT2D eigenvalue weighted by Gasteiger charge is 2.21. The molecule has 2 heterocycles. The Morgan fingerprint density at radius 1 is 1.48 bits per heavy atom. The number of nitrogens with zero attached hydrogens (tertiary/aromatic N) is 5. The van der Waals surface area contributed by atoms with Crippen LogP contribution in [0.5, 0.6) is 0 Å². The van der Waals surface area contributed by atoms with E-state index in [-0.39, 0.29) is 17.3 Å². The highest BCUT2D eigenvalue weighted by molar-refractivity contribution is 5.95. The number of aromatic amines is 1. The normalized spacial score (nSPS) is 11.9. The topological polar surface area (TPSA) is 132 Å². The second-order valence-electron chi connectivity index (χ2n) is 5.24. The van der Waals surface area contributed by atoms with Crippen molar-refractivity contribution in [1.82, 2.24) is 30.0 Å². The molecule has 10 nitrogen and oxygen atoms in total. The van der Waals surface area contributed by atoms with Crippen molar-refractivity contribution < 1.29 is 9.72 Å². The predicted molar refractivity (Wildman–Crippen MR) is 87.1 cm³/mol. The molecule has 2 aromatic heterocycles. The Bertz CT molecular complexity index is 875. The summed E-state index contributed by atoms with van der Waals surface area (Å²) in [5.41, 5.74) is 0.341. The average molecular weight is 341 g/mol. The Balaban J connectivity index is 1.88. The molecule has 25 heavy (non-hydrogen) atoms. The van der Waals surface area contributed by atoms with Crippen molar-refractivity contribution in [3.8, 4) is 5.69 Å². The fourth-order valence-electron chi connectivity index (χ4n) is 2.42. The minimum Gasteiger partial charge on any atom is -0.342 e. The van der Waals surface area contributed by atoms with Gasteiger partial charge in [0, 0.05) is 24.0 Å². The van der Waals surface area contributed by atoms with Gasteiger partial charge in [-0.05, 0) is 18.6 Å². The number of rotatable bonds is 6. The van der Waals surface area contributed by atoms with Crippen LogP contribution in [0.1, 0.15) is 35.6 Å². The summed E-state index contributed by atoms with van der Waals surface area (Å²) in [7, 11) is 0. The second-order valence-corrected chi connectivity index (χ2v) is 5.24. The number of carbonyl (C=O) groups excluding carboxylic acids is 1. The lowest BCUT2D eigenvalue weighted by molar-refractivity contribution is -0.384. The zero-order chi connectivity index (χ0) is 17.8. The van der Waals surface area contributed by atoms with E-state index in [4.69, 9.17) is 0 Å². The largest absolute Gasteiger partial charge is 0.342 e. The van der Waals surface area contributed by atoms with E-state index in [1.54, 1.807) is 6.20 Å². The van der Waals surface area contributed by atoms with Gasteiger partial charge >= 0.3 is 0 Å². The van der Waals surface area contributed by atoms with E-state index in [9.17, 15) is 14.9 Å². The second kappa shape index (κ2) is 6.91. The molecule has 1 aromatic carbocycles. The van der Waals surface area contributed by atoms with Crippen molar-refractivity contribution in [3.63, 3.8) is 0 Å². The number of benzene rings is 1. The van der Waals surface area contributed by atoms with Gasteiger partial charge in [0.25, 0.3) is 11.6 Å². The number of amides is 1. The van der Waals surface area contributed by atoms with Gasteiger partial charge in [-0.15, -0.1) is 0 Å². The van der Waals surface area contributed by atoms with Crippen molar-refractivity contribution in [2.24, 2.45) is 0 Å². The number of carbonyl (C=O) groups is 1. The summed E-state index contributed by atoms with van der Waals surface area (Å²) in [6, 6.07) is 3.94. The lowest BCUT2D eigenvalue weighted by Gasteiger charge is -2.14. The lowest BCUT2D eigenvalue weighted by Crippen LogP contribution is -2.29. The first kappa shape index (κ1) is 16.3. The van der Waals surface area contributed by atoms with Crippen LogP contribution in [0.4, 0.5) is 5.69 Å². The maximum absolute atomic E-state index is 12.5. The van der Waals surface area contributed by atoms with E-state index in [2.05, 4.69) is 25.5 Å². The molecule has 0 aliphatic heterocycles. The summed E-state index contributed by atoms with van der Waals surface area (Å²) in [5.74, 6) is 0.101. The first-order valence-corrected chi connectivity index (χ1v) is 7.53. The lowest BCUT2D eigenvalue weighted by atomic mass is 10.1. The highest BCUT2D eigenvalue weighted by atomic mass is 16.6. The van der Waals surface area contributed by atoms with Gasteiger partial charge < -0.3 is 9.88 Å². The summed E-state index contributed by atoms with van der Waals surface area (Å²) >= 11 is 0. The van der Waals surface area contributed by atoms with Crippen LogP contribution in [0.2, 0.25) is 0 Å². The van der Waals surface area contributed by atoms with Crippen molar-refractivity contribution in [2.45, 2.75) is 19.4 Å². The molecule has 0 bridgehead atoms. The molecule has 0 aliphatic rings. The van der Waals surface area contributed by atoms with Crippen LogP contribution < -0.4 is 5.32 Å². The highest BCUT2D eigenvalue weighted by Crippen LogP contribution is 2.24. The van der Waals surface area contributed by atoms with Gasteiger partial charge in [-0.1, -0.05) is 6.92 Å². The molecule has 0 saturated heterocycles. The molecule has 128 valence electrons. The summed E-state index contributed by atoms with van der Waals surface area (Å²) in [6.45, 7) is 1.89. The van der Waals surface area contributed by atoms with Gasteiger partial charge in [-0.25, -0.2) is 9.97 Å². The zero-order valence-corrected chi connectivity index (χ0v) is 13.3. The number of hydrogen-bond donors (Lipinski definition) is 2. The van der Waals surface area contributed by atoms with Crippen LogP contribution in [-0.2, 0) is 0 Å². The van der Waals surface area contributed by atoms with Crippen LogP contribution >= 0.6 is 0 Å². The monoisotopic (exact) mass is 341 g/mol. The molecule has 1 amide bonds. The Kier molecular flexibility index (Phi) is 4.50. The molecule has 0 fully saturated rings. The fraction of sp³-hybridized carbons (Fsp3) is 0.200. The van der Waals surface area contributed by atoms with Gasteiger partial charge in [0.2, 0.25) is 0 Å². The van der Waals surface area contributed by atoms with Crippen molar-refractivity contribution in [3.05, 3.63) is 64.7 Å². The first-order valence-electron chi connectivity index (χ1n) is 7.53. The van der Waals surface area contributed by atoms with E-state index in [0.29, 0.717) is 17.9 Å². The van der Waals surface area contributed by atoms with Crippen LogP contribution in [0, 0.1) is 10.1 Å². The minimum atomic E-state index is -0.528. The van der Waals surface area contributed by atoms with Crippen LogP contribution in [0.25, 0.3) is 5.69 Å². The quantitative estimate of drug-likeness (QED) is 0.519. The third kappa shape index (κ3) is 3.37. The number of nitrogens with one attached hydrogen (secondary N) is 2. The molecule has 0 spiro atoms. The predicted octanol–water partition coefficient (Wildman–Crippen LogP) is 1.78. The number of aromatic nitrogens is 5. The molecular weight excluding hydrogens is 326 g/mol. The summed E-state index contributed by atoms with van der Waals surface area (Å²) in [4.78, 5) is 31.2. The molecule has 0 saturated carbocycles. The van der Waals surface area contributed by atoms with E-state index in [1.165, 1.54) is 41.6 Å².